The van der Waals surface area contributed by atoms with E-state index in [9.17, 15) is 4.79 Å². The summed E-state index contributed by atoms with van der Waals surface area (Å²) in [5.74, 6) is 0. The first-order valence-electron chi connectivity index (χ1n) is 4.81. The van der Waals surface area contributed by atoms with Crippen molar-refractivity contribution in [3.8, 4) is 6.07 Å². The van der Waals surface area contributed by atoms with Crippen molar-refractivity contribution in [2.24, 2.45) is 5.73 Å². The molecule has 2 N–H and O–H groups in total. The van der Waals surface area contributed by atoms with Crippen LogP contribution in [0, 0.1) is 11.3 Å². The molecule has 2 amide bonds. The normalized spacial score (nSPS) is 11.6. The average Bonchev–Trinajstić information content (AvgIpc) is 2.26. The number of nitrogens with zero attached hydrogens (tertiary/aromatic N) is 2. The van der Waals surface area contributed by atoms with Crippen molar-refractivity contribution in [1.82, 2.24) is 4.90 Å². The van der Waals surface area contributed by atoms with Crippen LogP contribution in [-0.2, 0) is 0 Å². The summed E-state index contributed by atoms with van der Waals surface area (Å²) in [6, 6.07) is 7.55. The van der Waals surface area contributed by atoms with Crippen LogP contribution in [0.25, 0.3) is 0 Å². The molecule has 0 bridgehead atoms. The standard InChI is InChI=1S/C11H12ClN3O/c1-2-15(11(14)16)10(7-13)8-3-5-9(12)6-4-8/h3-6,10H,2H2,1H3,(H2,14,16). The molecular weight excluding hydrogens is 226 g/mol. The fourth-order valence-corrected chi connectivity index (χ4v) is 1.56. The van der Waals surface area contributed by atoms with Gasteiger partial charge in [-0.05, 0) is 24.6 Å². The van der Waals surface area contributed by atoms with Gasteiger partial charge in [0.15, 0.2) is 0 Å². The van der Waals surface area contributed by atoms with Crippen molar-refractivity contribution in [1.29, 1.82) is 5.26 Å². The van der Waals surface area contributed by atoms with E-state index in [0.717, 1.165) is 0 Å². The van der Waals surface area contributed by atoms with E-state index in [1.807, 2.05) is 0 Å². The summed E-state index contributed by atoms with van der Waals surface area (Å²) in [4.78, 5) is 12.4. The summed E-state index contributed by atoms with van der Waals surface area (Å²) in [6.07, 6.45) is 0. The van der Waals surface area contributed by atoms with Gasteiger partial charge < -0.3 is 10.6 Å². The Morgan fingerprint density at radius 1 is 1.56 bits per heavy atom. The van der Waals surface area contributed by atoms with Crippen LogP contribution in [-0.4, -0.2) is 17.5 Å². The summed E-state index contributed by atoms with van der Waals surface area (Å²) >= 11 is 5.75. The van der Waals surface area contributed by atoms with Crippen molar-refractivity contribution in [3.63, 3.8) is 0 Å². The van der Waals surface area contributed by atoms with E-state index in [0.29, 0.717) is 17.1 Å². The largest absolute Gasteiger partial charge is 0.351 e. The number of benzene rings is 1. The number of carbonyl (C=O) groups excluding carboxylic acids is 1. The summed E-state index contributed by atoms with van der Waals surface area (Å²) < 4.78 is 0. The highest BCUT2D eigenvalue weighted by Crippen LogP contribution is 2.21. The van der Waals surface area contributed by atoms with Crippen molar-refractivity contribution in [2.75, 3.05) is 6.54 Å². The molecule has 0 saturated heterocycles. The lowest BCUT2D eigenvalue weighted by molar-refractivity contribution is 0.200. The molecule has 1 rings (SSSR count). The molecule has 1 unspecified atom stereocenters. The Balaban J connectivity index is 3.03. The number of amides is 2. The minimum Gasteiger partial charge on any atom is -0.351 e. The maximum Gasteiger partial charge on any atom is 0.316 e. The van der Waals surface area contributed by atoms with E-state index in [2.05, 4.69) is 6.07 Å². The van der Waals surface area contributed by atoms with Gasteiger partial charge in [-0.1, -0.05) is 23.7 Å². The monoisotopic (exact) mass is 237 g/mol. The summed E-state index contributed by atoms with van der Waals surface area (Å²) in [7, 11) is 0. The van der Waals surface area contributed by atoms with Gasteiger partial charge in [0.25, 0.3) is 0 Å². The zero-order valence-corrected chi connectivity index (χ0v) is 9.61. The van der Waals surface area contributed by atoms with Crippen molar-refractivity contribution >= 4 is 17.6 Å². The van der Waals surface area contributed by atoms with Gasteiger partial charge in [0.05, 0.1) is 6.07 Å². The lowest BCUT2D eigenvalue weighted by atomic mass is 10.1. The van der Waals surface area contributed by atoms with Crippen molar-refractivity contribution in [2.45, 2.75) is 13.0 Å². The van der Waals surface area contributed by atoms with Crippen LogP contribution in [0.2, 0.25) is 5.02 Å². The third-order valence-corrected chi connectivity index (χ3v) is 2.50. The number of urea groups is 1. The number of carbonyl (C=O) groups is 1. The highest BCUT2D eigenvalue weighted by molar-refractivity contribution is 6.30. The Morgan fingerprint density at radius 2 is 2.12 bits per heavy atom. The summed E-state index contributed by atoms with van der Waals surface area (Å²) in [5.41, 5.74) is 5.90. The SMILES string of the molecule is CCN(C(N)=O)C(C#N)c1ccc(Cl)cc1. The second-order valence-corrected chi connectivity index (χ2v) is 3.64. The molecule has 0 spiro atoms. The van der Waals surface area contributed by atoms with Crippen LogP contribution < -0.4 is 5.73 Å². The molecule has 0 saturated carbocycles. The number of nitriles is 1. The molecule has 1 aromatic carbocycles. The number of hydrogen-bond acceptors (Lipinski definition) is 2. The molecule has 4 nitrogen and oxygen atoms in total. The van der Waals surface area contributed by atoms with Crippen LogP contribution >= 0.6 is 11.6 Å². The fourth-order valence-electron chi connectivity index (χ4n) is 1.43. The van der Waals surface area contributed by atoms with E-state index in [1.165, 1.54) is 4.90 Å². The number of halogens is 1. The van der Waals surface area contributed by atoms with Gasteiger partial charge in [0.1, 0.15) is 6.04 Å². The maximum atomic E-state index is 11.1. The van der Waals surface area contributed by atoms with Gasteiger partial charge in [-0.2, -0.15) is 5.26 Å². The molecule has 84 valence electrons. The quantitative estimate of drug-likeness (QED) is 0.876. The fraction of sp³-hybridized carbons (Fsp3) is 0.273. The first-order valence-corrected chi connectivity index (χ1v) is 5.19. The lowest BCUT2D eigenvalue weighted by Gasteiger charge is -2.24. The van der Waals surface area contributed by atoms with Gasteiger partial charge >= 0.3 is 6.03 Å². The van der Waals surface area contributed by atoms with Gasteiger partial charge in [0.2, 0.25) is 0 Å². The minimum atomic E-state index is -0.667. The van der Waals surface area contributed by atoms with Crippen LogP contribution in [0.3, 0.4) is 0 Å². The molecule has 0 heterocycles. The van der Waals surface area contributed by atoms with Gasteiger partial charge in [-0.25, -0.2) is 4.79 Å². The third-order valence-electron chi connectivity index (χ3n) is 2.24. The number of hydrogen-bond donors (Lipinski definition) is 1. The molecule has 16 heavy (non-hydrogen) atoms. The second kappa shape index (κ2) is 5.38. The Bertz CT molecular complexity index is 410. The van der Waals surface area contributed by atoms with E-state index in [4.69, 9.17) is 22.6 Å². The average molecular weight is 238 g/mol. The van der Waals surface area contributed by atoms with E-state index < -0.39 is 12.1 Å². The topological polar surface area (TPSA) is 70.1 Å². The van der Waals surface area contributed by atoms with Crippen molar-refractivity contribution in [3.05, 3.63) is 34.9 Å². The van der Waals surface area contributed by atoms with Crippen LogP contribution in [0.5, 0.6) is 0 Å². The van der Waals surface area contributed by atoms with E-state index in [1.54, 1.807) is 31.2 Å². The molecular formula is C11H12ClN3O. The molecule has 1 atom stereocenters. The van der Waals surface area contributed by atoms with Gasteiger partial charge in [0, 0.05) is 11.6 Å². The molecule has 1 aromatic rings. The molecule has 0 aromatic heterocycles. The molecule has 0 aliphatic heterocycles. The van der Waals surface area contributed by atoms with Crippen LogP contribution in [0.4, 0.5) is 4.79 Å². The second-order valence-electron chi connectivity index (χ2n) is 3.21. The Kier molecular flexibility index (Phi) is 4.15. The Hall–Kier alpha value is -1.73. The van der Waals surface area contributed by atoms with Gasteiger partial charge in [-0.15, -0.1) is 0 Å². The highest BCUT2D eigenvalue weighted by atomic mass is 35.5. The molecule has 5 heteroatoms. The predicted octanol–water partition coefficient (Wildman–Crippen LogP) is 2.31. The molecule has 0 fully saturated rings. The molecule has 0 aliphatic carbocycles. The van der Waals surface area contributed by atoms with E-state index >= 15 is 0 Å². The highest BCUT2D eigenvalue weighted by Gasteiger charge is 2.21. The molecule has 0 radical (unpaired) electrons. The van der Waals surface area contributed by atoms with Crippen LogP contribution in [0.15, 0.2) is 24.3 Å². The number of nitrogens with two attached hydrogens (primary N) is 1. The maximum absolute atomic E-state index is 11.1. The lowest BCUT2D eigenvalue weighted by Crippen LogP contribution is -2.38. The Labute approximate surface area is 99.2 Å². The molecule has 0 aliphatic rings. The third kappa shape index (κ3) is 2.65. The first kappa shape index (κ1) is 12.3. The Morgan fingerprint density at radius 3 is 2.50 bits per heavy atom. The first-order chi connectivity index (χ1) is 7.60. The van der Waals surface area contributed by atoms with E-state index in [-0.39, 0.29) is 0 Å². The zero-order valence-electron chi connectivity index (χ0n) is 8.85. The number of primary amides is 1. The number of rotatable bonds is 3. The zero-order chi connectivity index (χ0) is 12.1. The van der Waals surface area contributed by atoms with Crippen molar-refractivity contribution < 1.29 is 4.79 Å². The van der Waals surface area contributed by atoms with Crippen LogP contribution in [0.1, 0.15) is 18.5 Å². The smallest absolute Gasteiger partial charge is 0.316 e. The minimum absolute atomic E-state index is 0.385. The predicted molar refractivity (Wildman–Crippen MR) is 61.8 cm³/mol. The summed E-state index contributed by atoms with van der Waals surface area (Å²) in [5, 5.41) is 9.65. The van der Waals surface area contributed by atoms with Gasteiger partial charge in [-0.3, -0.25) is 0 Å². The summed E-state index contributed by atoms with van der Waals surface area (Å²) in [6.45, 7) is 2.15.